The third-order valence-corrected chi connectivity index (χ3v) is 10.0. The molecule has 6 nitrogen and oxygen atoms in total. The Labute approximate surface area is 169 Å². The number of Topliss-reactive ketones (excluding diaryl/α,β-unsaturated/α-hetero) is 1. The monoisotopic (exact) mass is 412 g/mol. The van der Waals surface area contributed by atoms with Crippen molar-refractivity contribution in [3.63, 3.8) is 0 Å². The topological polar surface area (TPSA) is 83.6 Å². The van der Waals surface area contributed by atoms with Gasteiger partial charge in [-0.25, -0.2) is 8.42 Å². The summed E-state index contributed by atoms with van der Waals surface area (Å²) in [5.41, 5.74) is -1.03. The summed E-state index contributed by atoms with van der Waals surface area (Å²) in [7, 11) is -3.62. The maximum atomic E-state index is 13.4. The summed E-state index contributed by atoms with van der Waals surface area (Å²) >= 11 is 0. The SMILES string of the molecule is CCCCNC(=O)C1CCC(C)N(S(=O)(=O)CC23CCC(CC2=O)C3(C)C)C1. The van der Waals surface area contributed by atoms with Crippen molar-refractivity contribution >= 4 is 21.7 Å². The Balaban J connectivity index is 1.75. The zero-order chi connectivity index (χ0) is 20.7. The molecule has 1 saturated heterocycles. The quantitative estimate of drug-likeness (QED) is 0.652. The molecule has 28 heavy (non-hydrogen) atoms. The fourth-order valence-corrected chi connectivity index (χ4v) is 8.24. The van der Waals surface area contributed by atoms with Crippen LogP contribution >= 0.6 is 0 Å². The van der Waals surface area contributed by atoms with Gasteiger partial charge in [0, 0.05) is 31.0 Å². The second-order valence-electron chi connectivity index (χ2n) is 9.76. The highest BCUT2D eigenvalue weighted by Crippen LogP contribution is 2.64. The van der Waals surface area contributed by atoms with E-state index >= 15 is 0 Å². The molecule has 3 aliphatic rings. The summed E-state index contributed by atoms with van der Waals surface area (Å²) < 4.78 is 28.4. The molecule has 0 aromatic heterocycles. The van der Waals surface area contributed by atoms with Gasteiger partial charge in [-0.1, -0.05) is 27.2 Å². The van der Waals surface area contributed by atoms with E-state index in [1.807, 2.05) is 6.92 Å². The van der Waals surface area contributed by atoms with Crippen LogP contribution in [0.5, 0.6) is 0 Å². The van der Waals surface area contributed by atoms with E-state index in [-0.39, 0.29) is 41.4 Å². The summed E-state index contributed by atoms with van der Waals surface area (Å²) in [6.07, 6.45) is 5.45. The van der Waals surface area contributed by atoms with Gasteiger partial charge in [0.15, 0.2) is 0 Å². The molecule has 4 unspecified atom stereocenters. The first-order valence-corrected chi connectivity index (χ1v) is 12.5. The van der Waals surface area contributed by atoms with Gasteiger partial charge in [0.25, 0.3) is 0 Å². The van der Waals surface area contributed by atoms with Crippen molar-refractivity contribution in [1.29, 1.82) is 0 Å². The number of carbonyl (C=O) groups excluding carboxylic acids is 2. The number of carbonyl (C=O) groups is 2. The van der Waals surface area contributed by atoms with Crippen LogP contribution in [0, 0.1) is 22.7 Å². The molecule has 2 aliphatic carbocycles. The van der Waals surface area contributed by atoms with Gasteiger partial charge in [0.2, 0.25) is 15.9 Å². The van der Waals surface area contributed by atoms with Crippen LogP contribution in [0.2, 0.25) is 0 Å². The molecule has 2 saturated carbocycles. The number of fused-ring (bicyclic) bond motifs is 2. The number of ketones is 1. The van der Waals surface area contributed by atoms with E-state index in [1.54, 1.807) is 0 Å². The van der Waals surface area contributed by atoms with E-state index in [0.29, 0.717) is 38.1 Å². The average molecular weight is 413 g/mol. The molecule has 7 heteroatoms. The maximum absolute atomic E-state index is 13.4. The first-order chi connectivity index (χ1) is 13.0. The highest BCUT2D eigenvalue weighted by atomic mass is 32.2. The van der Waals surface area contributed by atoms with E-state index in [2.05, 4.69) is 26.1 Å². The molecule has 0 aromatic rings. The van der Waals surface area contributed by atoms with Crippen LogP contribution in [-0.2, 0) is 19.6 Å². The molecule has 1 amide bonds. The predicted molar refractivity (Wildman–Crippen MR) is 109 cm³/mol. The first-order valence-electron chi connectivity index (χ1n) is 10.9. The largest absolute Gasteiger partial charge is 0.356 e. The maximum Gasteiger partial charge on any atom is 0.224 e. The van der Waals surface area contributed by atoms with Crippen LogP contribution in [0.25, 0.3) is 0 Å². The normalized spacial score (nSPS) is 35.3. The highest BCUT2D eigenvalue weighted by Gasteiger charge is 2.65. The van der Waals surface area contributed by atoms with E-state index in [0.717, 1.165) is 19.3 Å². The summed E-state index contributed by atoms with van der Waals surface area (Å²) in [4.78, 5) is 25.3. The molecular weight excluding hydrogens is 376 g/mol. The zero-order valence-corrected chi connectivity index (χ0v) is 18.6. The van der Waals surface area contributed by atoms with Crippen LogP contribution < -0.4 is 5.32 Å². The van der Waals surface area contributed by atoms with Crippen molar-refractivity contribution in [2.24, 2.45) is 22.7 Å². The lowest BCUT2D eigenvalue weighted by molar-refractivity contribution is -0.128. The Kier molecular flexibility index (Phi) is 5.99. The van der Waals surface area contributed by atoms with Crippen LogP contribution in [0.3, 0.4) is 0 Å². The predicted octanol–water partition coefficient (Wildman–Crippen LogP) is 2.73. The third-order valence-electron chi connectivity index (χ3n) is 7.95. The Morgan fingerprint density at radius 1 is 1.25 bits per heavy atom. The molecule has 3 fully saturated rings. The molecule has 3 rings (SSSR count). The smallest absolute Gasteiger partial charge is 0.224 e. The second-order valence-corrected chi connectivity index (χ2v) is 11.7. The van der Waals surface area contributed by atoms with Gasteiger partial charge >= 0.3 is 0 Å². The fourth-order valence-electron chi connectivity index (χ4n) is 5.71. The van der Waals surface area contributed by atoms with Gasteiger partial charge in [0.05, 0.1) is 11.7 Å². The number of hydrogen-bond acceptors (Lipinski definition) is 4. The van der Waals surface area contributed by atoms with E-state index in [4.69, 9.17) is 0 Å². The van der Waals surface area contributed by atoms with Gasteiger partial charge in [-0.15, -0.1) is 0 Å². The summed E-state index contributed by atoms with van der Waals surface area (Å²) in [5, 5.41) is 2.94. The lowest BCUT2D eigenvalue weighted by Gasteiger charge is -2.41. The van der Waals surface area contributed by atoms with Crippen molar-refractivity contribution in [3.8, 4) is 0 Å². The number of nitrogens with one attached hydrogen (secondary N) is 1. The molecule has 1 heterocycles. The Morgan fingerprint density at radius 2 is 1.96 bits per heavy atom. The Bertz CT molecular complexity index is 733. The van der Waals surface area contributed by atoms with E-state index < -0.39 is 15.4 Å². The molecule has 1 N–H and O–H groups in total. The summed E-state index contributed by atoms with van der Waals surface area (Å²) in [6, 6.07) is -0.127. The van der Waals surface area contributed by atoms with Gasteiger partial charge in [-0.05, 0) is 50.4 Å². The van der Waals surface area contributed by atoms with Gasteiger partial charge in [0.1, 0.15) is 5.78 Å². The minimum absolute atomic E-state index is 0.0445. The third kappa shape index (κ3) is 3.53. The van der Waals surface area contributed by atoms with Gasteiger partial charge in [-0.3, -0.25) is 9.59 Å². The van der Waals surface area contributed by atoms with Crippen LogP contribution in [0.4, 0.5) is 0 Å². The number of sulfonamides is 1. The van der Waals surface area contributed by atoms with Crippen LogP contribution in [-0.4, -0.2) is 49.3 Å². The highest BCUT2D eigenvalue weighted by molar-refractivity contribution is 7.89. The van der Waals surface area contributed by atoms with Gasteiger partial charge < -0.3 is 5.32 Å². The lowest BCUT2D eigenvalue weighted by Crippen LogP contribution is -2.53. The average Bonchev–Trinajstić information content (AvgIpc) is 2.96. The van der Waals surface area contributed by atoms with Crippen molar-refractivity contribution in [3.05, 3.63) is 0 Å². The fraction of sp³-hybridized carbons (Fsp3) is 0.905. The van der Waals surface area contributed by atoms with Crippen molar-refractivity contribution in [2.45, 2.75) is 78.7 Å². The molecule has 0 spiro atoms. The van der Waals surface area contributed by atoms with Crippen molar-refractivity contribution in [2.75, 3.05) is 18.8 Å². The molecule has 0 aromatic carbocycles. The molecule has 1 aliphatic heterocycles. The zero-order valence-electron chi connectivity index (χ0n) is 17.8. The number of amides is 1. The number of rotatable bonds is 7. The van der Waals surface area contributed by atoms with E-state index in [9.17, 15) is 18.0 Å². The molecule has 160 valence electrons. The summed E-state index contributed by atoms with van der Waals surface area (Å²) in [5.74, 6) is -0.0283. The molecule has 2 bridgehead atoms. The number of nitrogens with zero attached hydrogens (tertiary/aromatic N) is 1. The Morgan fingerprint density at radius 3 is 2.54 bits per heavy atom. The number of hydrogen-bond donors (Lipinski definition) is 1. The van der Waals surface area contributed by atoms with Gasteiger partial charge in [-0.2, -0.15) is 4.31 Å². The van der Waals surface area contributed by atoms with Crippen LogP contribution in [0.1, 0.15) is 72.6 Å². The minimum atomic E-state index is -3.62. The van der Waals surface area contributed by atoms with E-state index in [1.165, 1.54) is 4.31 Å². The molecular formula is C21H36N2O4S. The van der Waals surface area contributed by atoms with Crippen molar-refractivity contribution in [1.82, 2.24) is 9.62 Å². The number of unbranched alkanes of at least 4 members (excludes halogenated alkanes) is 1. The molecule has 4 atom stereocenters. The van der Waals surface area contributed by atoms with Crippen LogP contribution in [0.15, 0.2) is 0 Å². The molecule has 0 radical (unpaired) electrons. The van der Waals surface area contributed by atoms with Crippen molar-refractivity contribution < 1.29 is 18.0 Å². The first kappa shape index (κ1) is 21.8. The second kappa shape index (κ2) is 7.71. The number of piperidine rings is 1. The Hall–Kier alpha value is -0.950. The standard InChI is InChI=1S/C21H36N2O4S/c1-5-6-11-22-19(25)16-8-7-15(2)23(13-16)28(26,27)14-21-10-9-17(12-18(21)24)20(21,3)4/h15-17H,5-14H2,1-4H3,(H,22,25). The lowest BCUT2D eigenvalue weighted by atomic mass is 9.70. The summed E-state index contributed by atoms with van der Waals surface area (Å²) in [6.45, 7) is 8.99. The minimum Gasteiger partial charge on any atom is -0.356 e.